The molecule has 2 aliphatic rings. The summed E-state index contributed by atoms with van der Waals surface area (Å²) >= 11 is 6.36. The Labute approximate surface area is 180 Å². The van der Waals surface area contributed by atoms with Gasteiger partial charge in [-0.25, -0.2) is 9.97 Å². The second kappa shape index (κ2) is 9.40. The molecule has 2 atom stereocenters. The Morgan fingerprint density at radius 1 is 1.30 bits per heavy atom. The molecule has 0 bridgehead atoms. The predicted molar refractivity (Wildman–Crippen MR) is 116 cm³/mol. The van der Waals surface area contributed by atoms with E-state index in [-0.39, 0.29) is 11.8 Å². The Balaban J connectivity index is 1.45. The number of allylic oxidation sites excluding steroid dienone is 1. The SMILES string of the molecule is C=C1CC(CNc2cncc(-c3cc(NC(=O)[C@@H]4CCNC4)ncc3Cl)n2)CCO1. The van der Waals surface area contributed by atoms with Crippen molar-refractivity contribution in [2.24, 2.45) is 11.8 Å². The Hall–Kier alpha value is -2.71. The number of hydrogen-bond acceptors (Lipinski definition) is 7. The van der Waals surface area contributed by atoms with Crippen LogP contribution in [0.5, 0.6) is 0 Å². The maximum atomic E-state index is 12.4. The van der Waals surface area contributed by atoms with Crippen molar-refractivity contribution in [2.45, 2.75) is 19.3 Å². The minimum absolute atomic E-state index is 0.0414. The van der Waals surface area contributed by atoms with Gasteiger partial charge in [-0.1, -0.05) is 18.2 Å². The van der Waals surface area contributed by atoms with Crippen LogP contribution in [0.15, 0.2) is 37.0 Å². The molecule has 3 N–H and O–H groups in total. The fourth-order valence-electron chi connectivity index (χ4n) is 3.67. The third kappa shape index (κ3) is 5.06. The summed E-state index contributed by atoms with van der Waals surface area (Å²) < 4.78 is 5.42. The normalized spacial score (nSPS) is 21.2. The number of halogens is 1. The van der Waals surface area contributed by atoms with Crippen LogP contribution >= 0.6 is 11.6 Å². The van der Waals surface area contributed by atoms with Crippen molar-refractivity contribution in [3.05, 3.63) is 42.0 Å². The van der Waals surface area contributed by atoms with Crippen LogP contribution in [0.1, 0.15) is 19.3 Å². The summed E-state index contributed by atoms with van der Waals surface area (Å²) in [5.74, 6) is 2.32. The van der Waals surface area contributed by atoms with Crippen molar-refractivity contribution in [1.29, 1.82) is 0 Å². The Morgan fingerprint density at radius 2 is 2.20 bits per heavy atom. The van der Waals surface area contributed by atoms with Crippen LogP contribution in [0.3, 0.4) is 0 Å². The zero-order valence-corrected chi connectivity index (χ0v) is 17.4. The van der Waals surface area contributed by atoms with Gasteiger partial charge in [0.15, 0.2) is 0 Å². The highest BCUT2D eigenvalue weighted by Crippen LogP contribution is 2.29. The molecule has 0 aliphatic carbocycles. The van der Waals surface area contributed by atoms with Gasteiger partial charge in [0.25, 0.3) is 0 Å². The number of hydrogen-bond donors (Lipinski definition) is 3. The van der Waals surface area contributed by atoms with Gasteiger partial charge >= 0.3 is 0 Å². The van der Waals surface area contributed by atoms with Crippen molar-refractivity contribution in [3.63, 3.8) is 0 Å². The van der Waals surface area contributed by atoms with Crippen molar-refractivity contribution in [2.75, 3.05) is 36.9 Å². The first-order valence-corrected chi connectivity index (χ1v) is 10.5. The standard InChI is InChI=1S/C21H25ClN6O2/c1-13-6-14(3-5-30-13)8-25-20-12-24-11-18(27-20)16-7-19(26-10-17(16)22)28-21(29)15-2-4-23-9-15/h7,10-12,14-15,23H,1-6,8-9H2,(H,25,27)(H,26,28,29)/t14?,15-/m1/s1. The highest BCUT2D eigenvalue weighted by atomic mass is 35.5. The van der Waals surface area contributed by atoms with Crippen molar-refractivity contribution in [1.82, 2.24) is 20.3 Å². The highest BCUT2D eigenvalue weighted by Gasteiger charge is 2.23. The fraction of sp³-hybridized carbons (Fsp3) is 0.429. The van der Waals surface area contributed by atoms with Gasteiger partial charge in [-0.2, -0.15) is 0 Å². The van der Waals surface area contributed by atoms with Crippen LogP contribution in [-0.2, 0) is 9.53 Å². The van der Waals surface area contributed by atoms with Crippen molar-refractivity contribution >= 4 is 29.1 Å². The van der Waals surface area contributed by atoms with E-state index in [0.29, 0.717) is 47.0 Å². The number of aromatic nitrogens is 3. The fourth-order valence-corrected chi connectivity index (χ4v) is 3.87. The maximum Gasteiger partial charge on any atom is 0.229 e. The van der Waals surface area contributed by atoms with Gasteiger partial charge in [-0.05, 0) is 31.4 Å². The van der Waals surface area contributed by atoms with Crippen LogP contribution < -0.4 is 16.0 Å². The number of carbonyl (C=O) groups is 1. The first kappa shape index (κ1) is 20.6. The minimum atomic E-state index is -0.0421. The summed E-state index contributed by atoms with van der Waals surface area (Å²) in [6.45, 7) is 6.92. The van der Waals surface area contributed by atoms with Gasteiger partial charge in [0.1, 0.15) is 11.6 Å². The monoisotopic (exact) mass is 428 g/mol. The first-order chi connectivity index (χ1) is 14.6. The number of nitrogens with zero attached hydrogens (tertiary/aromatic N) is 3. The van der Waals surface area contributed by atoms with E-state index >= 15 is 0 Å². The first-order valence-electron chi connectivity index (χ1n) is 10.1. The number of anilines is 2. The topological polar surface area (TPSA) is 101 Å². The summed E-state index contributed by atoms with van der Waals surface area (Å²) in [4.78, 5) is 25.6. The van der Waals surface area contributed by atoms with Crippen LogP contribution in [0, 0.1) is 11.8 Å². The molecule has 2 aliphatic heterocycles. The molecular formula is C21H25ClN6O2. The lowest BCUT2D eigenvalue weighted by Gasteiger charge is -2.24. The second-order valence-electron chi connectivity index (χ2n) is 7.64. The summed E-state index contributed by atoms with van der Waals surface area (Å²) in [5, 5.41) is 9.86. The molecule has 9 heteroatoms. The Bertz CT molecular complexity index is 931. The summed E-state index contributed by atoms with van der Waals surface area (Å²) in [6, 6.07) is 1.73. The third-order valence-corrected chi connectivity index (χ3v) is 5.67. The number of carbonyl (C=O) groups excluding carboxylic acids is 1. The minimum Gasteiger partial charge on any atom is -0.499 e. The Morgan fingerprint density at radius 3 is 3.00 bits per heavy atom. The van der Waals surface area contributed by atoms with E-state index in [1.165, 1.54) is 6.20 Å². The zero-order valence-electron chi connectivity index (χ0n) is 16.7. The Kier molecular flexibility index (Phi) is 6.44. The molecular weight excluding hydrogens is 404 g/mol. The molecule has 4 heterocycles. The van der Waals surface area contributed by atoms with Gasteiger partial charge in [0.2, 0.25) is 5.91 Å². The molecule has 1 unspecified atom stereocenters. The number of pyridine rings is 1. The number of rotatable bonds is 6. The van der Waals surface area contributed by atoms with E-state index in [1.54, 1.807) is 18.5 Å². The van der Waals surface area contributed by atoms with E-state index in [2.05, 4.69) is 37.5 Å². The average Bonchev–Trinajstić information content (AvgIpc) is 3.29. The lowest BCUT2D eigenvalue weighted by atomic mass is 9.99. The van der Waals surface area contributed by atoms with E-state index in [0.717, 1.165) is 38.1 Å². The van der Waals surface area contributed by atoms with Crippen LogP contribution in [0.25, 0.3) is 11.3 Å². The van der Waals surface area contributed by atoms with Gasteiger partial charge in [0.05, 0.1) is 41.4 Å². The number of nitrogens with one attached hydrogen (secondary N) is 3. The largest absolute Gasteiger partial charge is 0.499 e. The summed E-state index contributed by atoms with van der Waals surface area (Å²) in [5.41, 5.74) is 1.28. The van der Waals surface area contributed by atoms with Crippen LogP contribution in [0.2, 0.25) is 5.02 Å². The van der Waals surface area contributed by atoms with Gasteiger partial charge in [-0.3, -0.25) is 9.78 Å². The van der Waals surface area contributed by atoms with E-state index in [1.807, 2.05) is 0 Å². The number of amides is 1. The van der Waals surface area contributed by atoms with E-state index < -0.39 is 0 Å². The molecule has 2 saturated heterocycles. The molecule has 0 aromatic carbocycles. The lowest BCUT2D eigenvalue weighted by molar-refractivity contribution is -0.119. The number of ether oxygens (including phenoxy) is 1. The lowest BCUT2D eigenvalue weighted by Crippen LogP contribution is -2.25. The molecule has 2 fully saturated rings. The molecule has 0 radical (unpaired) electrons. The van der Waals surface area contributed by atoms with Gasteiger partial charge in [-0.15, -0.1) is 0 Å². The molecule has 2 aromatic rings. The van der Waals surface area contributed by atoms with Crippen molar-refractivity contribution in [3.8, 4) is 11.3 Å². The van der Waals surface area contributed by atoms with Gasteiger partial charge in [0, 0.05) is 31.3 Å². The molecule has 8 nitrogen and oxygen atoms in total. The molecule has 158 valence electrons. The average molecular weight is 429 g/mol. The molecule has 0 saturated carbocycles. The molecule has 30 heavy (non-hydrogen) atoms. The van der Waals surface area contributed by atoms with E-state index in [4.69, 9.17) is 16.3 Å². The van der Waals surface area contributed by atoms with Crippen LogP contribution in [-0.4, -0.2) is 47.1 Å². The van der Waals surface area contributed by atoms with Gasteiger partial charge < -0.3 is 20.7 Å². The summed E-state index contributed by atoms with van der Waals surface area (Å²) in [6.07, 6.45) is 7.50. The second-order valence-corrected chi connectivity index (χ2v) is 8.05. The highest BCUT2D eigenvalue weighted by molar-refractivity contribution is 6.33. The maximum absolute atomic E-state index is 12.4. The molecule has 0 spiro atoms. The van der Waals surface area contributed by atoms with Crippen LogP contribution in [0.4, 0.5) is 11.6 Å². The smallest absolute Gasteiger partial charge is 0.229 e. The van der Waals surface area contributed by atoms with E-state index in [9.17, 15) is 4.79 Å². The zero-order chi connectivity index (χ0) is 20.9. The third-order valence-electron chi connectivity index (χ3n) is 5.37. The predicted octanol–water partition coefficient (Wildman–Crippen LogP) is 3.09. The molecule has 2 aromatic heterocycles. The molecule has 4 rings (SSSR count). The summed E-state index contributed by atoms with van der Waals surface area (Å²) in [7, 11) is 0. The van der Waals surface area contributed by atoms with Crippen molar-refractivity contribution < 1.29 is 9.53 Å². The quantitative estimate of drug-likeness (QED) is 0.649. The molecule has 1 amide bonds.